The Morgan fingerprint density at radius 2 is 0.600 bits per heavy atom. The molecule has 0 N–H and O–H groups in total. The summed E-state index contributed by atoms with van der Waals surface area (Å²) in [7, 11) is -0.429. The minimum atomic E-state index is -0.429. The van der Waals surface area contributed by atoms with E-state index in [1.165, 1.54) is 222 Å². The predicted octanol–water partition coefficient (Wildman–Crippen LogP) is 17.2. The van der Waals surface area contributed by atoms with Crippen molar-refractivity contribution in [3.8, 4) is 11.5 Å². The molecule has 0 unspecified atom stereocenters. The average Bonchev–Trinajstić information content (AvgIpc) is 3.20. The molecule has 0 heterocycles. The van der Waals surface area contributed by atoms with Crippen molar-refractivity contribution in [2.75, 3.05) is 19.4 Å². The number of benzene rings is 2. The Morgan fingerprint density at radius 1 is 0.327 bits per heavy atom. The van der Waals surface area contributed by atoms with Crippen molar-refractivity contribution in [1.29, 1.82) is 0 Å². The van der Waals surface area contributed by atoms with Crippen LogP contribution in [0.5, 0.6) is 11.5 Å². The predicted molar refractivity (Wildman–Crippen MR) is 249 cm³/mol. The van der Waals surface area contributed by atoms with E-state index < -0.39 is 7.92 Å². The molecule has 0 radical (unpaired) electrons. The molecule has 0 amide bonds. The van der Waals surface area contributed by atoms with Gasteiger partial charge in [0.05, 0.1) is 13.2 Å². The fourth-order valence-corrected chi connectivity index (χ4v) is 10.4. The number of rotatable bonds is 41. The van der Waals surface area contributed by atoms with Gasteiger partial charge in [0.2, 0.25) is 0 Å². The van der Waals surface area contributed by atoms with Crippen LogP contribution in [0.25, 0.3) is 0 Å². The van der Waals surface area contributed by atoms with Crippen LogP contribution < -0.4 is 20.1 Å². The molecule has 2 nitrogen and oxygen atoms in total. The van der Waals surface area contributed by atoms with E-state index in [-0.39, 0.29) is 0 Å². The second kappa shape index (κ2) is 38.0. The summed E-state index contributed by atoms with van der Waals surface area (Å²) in [5.74, 6) is 2.08. The summed E-state index contributed by atoms with van der Waals surface area (Å²) >= 11 is 0. The molecule has 3 heteroatoms. The Hall–Kier alpha value is -1.53. The quantitative estimate of drug-likeness (QED) is 0.0494. The van der Waals surface area contributed by atoms with Gasteiger partial charge in [-0.15, -0.1) is 0 Å². The molecule has 0 aliphatic carbocycles. The van der Waals surface area contributed by atoms with Crippen molar-refractivity contribution in [2.24, 2.45) is 0 Å². The van der Waals surface area contributed by atoms with E-state index >= 15 is 0 Å². The van der Waals surface area contributed by atoms with E-state index in [2.05, 4.69) is 69.3 Å². The normalized spacial score (nSPS) is 11.5. The number of hydrogen-bond acceptors (Lipinski definition) is 2. The minimum Gasteiger partial charge on any atom is -0.494 e. The lowest BCUT2D eigenvalue weighted by Gasteiger charge is -2.20. The van der Waals surface area contributed by atoms with Gasteiger partial charge >= 0.3 is 0 Å². The Labute approximate surface area is 345 Å². The maximum absolute atomic E-state index is 6.31. The zero-order chi connectivity index (χ0) is 39.1. The molecule has 0 aromatic heterocycles. The molecule has 55 heavy (non-hydrogen) atoms. The molecular weight excluding hydrogens is 688 g/mol. The topological polar surface area (TPSA) is 18.5 Å². The molecule has 0 bridgehead atoms. The van der Waals surface area contributed by atoms with Crippen molar-refractivity contribution in [3.63, 3.8) is 0 Å². The van der Waals surface area contributed by atoms with E-state index in [0.717, 1.165) is 37.6 Å². The van der Waals surface area contributed by atoms with Crippen molar-refractivity contribution in [3.05, 3.63) is 48.5 Å². The molecule has 0 atom stereocenters. The highest BCUT2D eigenvalue weighted by atomic mass is 31.1. The average molecular weight is 779 g/mol. The van der Waals surface area contributed by atoms with Crippen LogP contribution in [-0.2, 0) is 0 Å². The summed E-state index contributed by atoms with van der Waals surface area (Å²) in [4.78, 5) is 0. The maximum atomic E-state index is 6.31. The maximum Gasteiger partial charge on any atom is 0.119 e. The van der Waals surface area contributed by atoms with Gasteiger partial charge in [-0.3, -0.25) is 0 Å². The highest BCUT2D eigenvalue weighted by molar-refractivity contribution is 7.73. The fourth-order valence-electron chi connectivity index (χ4n) is 7.89. The van der Waals surface area contributed by atoms with Crippen LogP contribution in [0.4, 0.5) is 0 Å². The van der Waals surface area contributed by atoms with Gasteiger partial charge in [0, 0.05) is 0 Å². The van der Waals surface area contributed by atoms with Gasteiger partial charge in [-0.25, -0.2) is 0 Å². The molecule has 2 rings (SSSR count). The van der Waals surface area contributed by atoms with E-state index in [0.29, 0.717) is 0 Å². The third-order valence-electron chi connectivity index (χ3n) is 11.5. The smallest absolute Gasteiger partial charge is 0.119 e. The monoisotopic (exact) mass is 779 g/mol. The highest BCUT2D eigenvalue weighted by Crippen LogP contribution is 2.37. The molecule has 0 spiro atoms. The molecular formula is C52H91O2P. The third kappa shape index (κ3) is 28.5. The Bertz CT molecular complexity index is 1000. The lowest BCUT2D eigenvalue weighted by molar-refractivity contribution is 0.304. The summed E-state index contributed by atoms with van der Waals surface area (Å²) in [6.07, 6.45) is 48.5. The molecule has 2 aromatic rings. The number of ether oxygens (including phenoxy) is 2. The zero-order valence-electron chi connectivity index (χ0n) is 37.0. The summed E-state index contributed by atoms with van der Waals surface area (Å²) in [6.45, 7) is 8.58. The van der Waals surface area contributed by atoms with E-state index in [9.17, 15) is 0 Å². The summed E-state index contributed by atoms with van der Waals surface area (Å²) in [5.41, 5.74) is 0. The van der Waals surface area contributed by atoms with Crippen molar-refractivity contribution in [2.45, 2.75) is 239 Å². The van der Waals surface area contributed by atoms with Gasteiger partial charge < -0.3 is 9.47 Å². The second-order valence-corrected chi connectivity index (χ2v) is 19.1. The standard InChI is InChI=1S/C52H91O2P/c1-4-7-10-12-14-16-18-20-22-24-26-28-30-32-34-36-44-53-49-40-38-42-51(47-49)55(46-9-6-3)52-43-39-41-50(48-52)54-45-37-35-33-31-29-27-25-23-21-19-17-15-13-11-8-5-2/h38-43,47-48H,4-37,44-46H2,1-3H3. The van der Waals surface area contributed by atoms with Crippen LogP contribution in [0.1, 0.15) is 239 Å². The Kier molecular flexibility index (Phi) is 34.3. The molecule has 0 aliphatic heterocycles. The summed E-state index contributed by atoms with van der Waals surface area (Å²) in [5, 5.41) is 2.87. The van der Waals surface area contributed by atoms with Gasteiger partial charge in [-0.2, -0.15) is 0 Å². The first-order valence-corrected chi connectivity index (χ1v) is 26.0. The largest absolute Gasteiger partial charge is 0.494 e. The SMILES string of the molecule is CCCCCCCCCCCCCCCCCCOc1cccc(P(CCCC)c2cccc(OCCCCCCCCCCCCCCCCCC)c2)c1. The van der Waals surface area contributed by atoms with Crippen molar-refractivity contribution < 1.29 is 9.47 Å². The van der Waals surface area contributed by atoms with Gasteiger partial charge in [0.15, 0.2) is 0 Å². The van der Waals surface area contributed by atoms with Crippen molar-refractivity contribution in [1.82, 2.24) is 0 Å². The van der Waals surface area contributed by atoms with Crippen molar-refractivity contribution >= 4 is 18.5 Å². The zero-order valence-corrected chi connectivity index (χ0v) is 37.9. The molecule has 316 valence electrons. The van der Waals surface area contributed by atoms with E-state index in [1.807, 2.05) is 0 Å². The Balaban J connectivity index is 1.57. The lowest BCUT2D eigenvalue weighted by Crippen LogP contribution is -2.15. The molecule has 0 saturated heterocycles. The van der Waals surface area contributed by atoms with E-state index in [1.54, 1.807) is 0 Å². The van der Waals surface area contributed by atoms with Crippen LogP contribution in [0.15, 0.2) is 48.5 Å². The van der Waals surface area contributed by atoms with E-state index in [4.69, 9.17) is 9.47 Å². The summed E-state index contributed by atoms with van der Waals surface area (Å²) < 4.78 is 12.6. The number of unbranched alkanes of at least 4 members (excludes halogenated alkanes) is 31. The summed E-state index contributed by atoms with van der Waals surface area (Å²) in [6, 6.07) is 18.0. The second-order valence-electron chi connectivity index (χ2n) is 16.8. The lowest BCUT2D eigenvalue weighted by atomic mass is 10.0. The third-order valence-corrected chi connectivity index (χ3v) is 14.1. The fraction of sp³-hybridized carbons (Fsp3) is 0.769. The minimum absolute atomic E-state index is 0.429. The van der Waals surface area contributed by atoms with Crippen LogP contribution in [-0.4, -0.2) is 19.4 Å². The van der Waals surface area contributed by atoms with Crippen LogP contribution >= 0.6 is 7.92 Å². The highest BCUT2D eigenvalue weighted by Gasteiger charge is 2.15. The van der Waals surface area contributed by atoms with Gasteiger partial charge in [-0.1, -0.05) is 244 Å². The first-order valence-electron chi connectivity index (χ1n) is 24.5. The Morgan fingerprint density at radius 3 is 0.891 bits per heavy atom. The van der Waals surface area contributed by atoms with Gasteiger partial charge in [0.25, 0.3) is 0 Å². The van der Waals surface area contributed by atoms with Crippen LogP contribution in [0, 0.1) is 0 Å². The molecule has 0 fully saturated rings. The first kappa shape index (κ1) is 49.6. The van der Waals surface area contributed by atoms with Crippen LogP contribution in [0.3, 0.4) is 0 Å². The molecule has 0 saturated carbocycles. The molecule has 2 aromatic carbocycles. The van der Waals surface area contributed by atoms with Gasteiger partial charge in [0.1, 0.15) is 11.5 Å². The molecule has 0 aliphatic rings. The van der Waals surface area contributed by atoms with Crippen LogP contribution in [0.2, 0.25) is 0 Å². The first-order chi connectivity index (χ1) is 27.3. The van der Waals surface area contributed by atoms with Gasteiger partial charge in [-0.05, 0) is 68.2 Å². The number of hydrogen-bond donors (Lipinski definition) is 0.